The molecule has 0 saturated carbocycles. The molecule has 0 fully saturated rings. The molecule has 5 rings (SSSR count). The standard InChI is InChI=1S/C33H28F3N3O7S/c1-5-44-31(41)28-19(4)37-32-38(29(28)23-8-6-7-9-25(23)45-18(2)3)30(40)27(47-32)16-20-10-13-22(14-11-20)46-26-15-12-21(33(34,35)36)17-24(26)39(42)43/h6-18,29H,5H2,1-4H3/b27-16+/t29-/m1/s1. The molecule has 2 heterocycles. The van der Waals surface area contributed by atoms with E-state index >= 15 is 0 Å². The molecule has 0 amide bonds. The second-order valence-electron chi connectivity index (χ2n) is 10.6. The highest BCUT2D eigenvalue weighted by Crippen LogP contribution is 2.38. The number of para-hydroxylation sites is 1. The third-order valence-corrected chi connectivity index (χ3v) is 7.96. The van der Waals surface area contributed by atoms with Crippen LogP contribution in [0.5, 0.6) is 17.2 Å². The Kier molecular flexibility index (Phi) is 9.33. The third kappa shape index (κ3) is 6.97. The maximum atomic E-state index is 14.0. The molecular formula is C33H28F3N3O7S. The van der Waals surface area contributed by atoms with E-state index in [2.05, 4.69) is 4.99 Å². The first-order valence-corrected chi connectivity index (χ1v) is 15.2. The minimum atomic E-state index is -4.76. The Hall–Kier alpha value is -5.24. The maximum Gasteiger partial charge on any atom is 0.416 e. The van der Waals surface area contributed by atoms with Crippen LogP contribution in [-0.4, -0.2) is 28.2 Å². The number of esters is 1. The predicted octanol–water partition coefficient (Wildman–Crippen LogP) is 6.30. The lowest BCUT2D eigenvalue weighted by Crippen LogP contribution is -2.40. The molecule has 1 aliphatic rings. The number of nitro benzene ring substituents is 1. The monoisotopic (exact) mass is 667 g/mol. The molecule has 3 aromatic carbocycles. The molecule has 0 unspecified atom stereocenters. The predicted molar refractivity (Wildman–Crippen MR) is 167 cm³/mol. The van der Waals surface area contributed by atoms with E-state index in [0.29, 0.717) is 44.0 Å². The fraction of sp³-hybridized carbons (Fsp3) is 0.242. The Bertz CT molecular complexity index is 2070. The highest BCUT2D eigenvalue weighted by atomic mass is 32.1. The summed E-state index contributed by atoms with van der Waals surface area (Å²) in [5.41, 5.74) is -0.651. The van der Waals surface area contributed by atoms with Crippen LogP contribution in [0.2, 0.25) is 0 Å². The second kappa shape index (κ2) is 13.2. The van der Waals surface area contributed by atoms with Crippen LogP contribution in [0.15, 0.2) is 87.8 Å². The van der Waals surface area contributed by atoms with Crippen molar-refractivity contribution >= 4 is 29.1 Å². The number of fused-ring (bicyclic) bond motifs is 1. The number of nitro groups is 1. The van der Waals surface area contributed by atoms with Gasteiger partial charge in [0, 0.05) is 11.6 Å². The first-order chi connectivity index (χ1) is 22.3. The molecule has 0 saturated heterocycles. The van der Waals surface area contributed by atoms with Crippen molar-refractivity contribution in [2.75, 3.05) is 6.61 Å². The van der Waals surface area contributed by atoms with E-state index in [9.17, 15) is 32.9 Å². The molecule has 244 valence electrons. The summed E-state index contributed by atoms with van der Waals surface area (Å²) in [6.07, 6.45) is -3.32. The van der Waals surface area contributed by atoms with Crippen molar-refractivity contribution in [3.8, 4) is 17.2 Å². The molecule has 14 heteroatoms. The number of rotatable bonds is 9. The first-order valence-electron chi connectivity index (χ1n) is 14.4. The summed E-state index contributed by atoms with van der Waals surface area (Å²) in [5.74, 6) is -0.333. The summed E-state index contributed by atoms with van der Waals surface area (Å²) in [5, 5.41) is 11.4. The lowest BCUT2D eigenvalue weighted by molar-refractivity contribution is -0.385. The van der Waals surface area contributed by atoms with Crippen LogP contribution in [0.4, 0.5) is 18.9 Å². The Morgan fingerprint density at radius 2 is 1.81 bits per heavy atom. The minimum Gasteiger partial charge on any atom is -0.491 e. The summed E-state index contributed by atoms with van der Waals surface area (Å²) in [4.78, 5) is 42.6. The van der Waals surface area contributed by atoms with Gasteiger partial charge in [0.15, 0.2) is 4.80 Å². The average molecular weight is 668 g/mol. The van der Waals surface area contributed by atoms with E-state index in [1.165, 1.54) is 16.7 Å². The van der Waals surface area contributed by atoms with Crippen molar-refractivity contribution in [1.29, 1.82) is 0 Å². The first kappa shape index (κ1) is 33.1. The number of thiazole rings is 1. The number of carbonyl (C=O) groups is 1. The van der Waals surface area contributed by atoms with Crippen LogP contribution in [0.1, 0.15) is 50.4 Å². The van der Waals surface area contributed by atoms with Crippen LogP contribution >= 0.6 is 11.3 Å². The van der Waals surface area contributed by atoms with Crippen molar-refractivity contribution in [2.45, 2.75) is 46.0 Å². The van der Waals surface area contributed by atoms with Gasteiger partial charge in [0.05, 0.1) is 39.0 Å². The highest BCUT2D eigenvalue weighted by molar-refractivity contribution is 7.07. The van der Waals surface area contributed by atoms with Gasteiger partial charge in [-0.3, -0.25) is 19.5 Å². The molecule has 0 N–H and O–H groups in total. The quantitative estimate of drug-likeness (QED) is 0.117. The van der Waals surface area contributed by atoms with Gasteiger partial charge in [-0.25, -0.2) is 9.79 Å². The van der Waals surface area contributed by atoms with Gasteiger partial charge in [-0.2, -0.15) is 13.2 Å². The molecule has 1 atom stereocenters. The van der Waals surface area contributed by atoms with Crippen molar-refractivity contribution in [2.24, 2.45) is 4.99 Å². The number of hydrogen-bond donors (Lipinski definition) is 0. The van der Waals surface area contributed by atoms with Crippen LogP contribution in [0.25, 0.3) is 6.08 Å². The number of halogens is 3. The molecule has 0 aliphatic carbocycles. The van der Waals surface area contributed by atoms with Crippen LogP contribution < -0.4 is 24.4 Å². The zero-order chi connectivity index (χ0) is 34.0. The fourth-order valence-corrected chi connectivity index (χ4v) is 6.03. The van der Waals surface area contributed by atoms with Gasteiger partial charge in [0.25, 0.3) is 5.56 Å². The van der Waals surface area contributed by atoms with Gasteiger partial charge in [-0.1, -0.05) is 41.7 Å². The number of benzene rings is 3. The van der Waals surface area contributed by atoms with Gasteiger partial charge in [0.1, 0.15) is 17.5 Å². The lowest BCUT2D eigenvalue weighted by Gasteiger charge is -2.26. The van der Waals surface area contributed by atoms with E-state index < -0.39 is 39.9 Å². The number of ether oxygens (including phenoxy) is 3. The largest absolute Gasteiger partial charge is 0.491 e. The number of aromatic nitrogens is 1. The normalized spacial score (nSPS) is 14.9. The lowest BCUT2D eigenvalue weighted by atomic mass is 9.95. The van der Waals surface area contributed by atoms with E-state index in [4.69, 9.17) is 14.2 Å². The highest BCUT2D eigenvalue weighted by Gasteiger charge is 2.36. The number of carbonyl (C=O) groups excluding carboxylic acids is 1. The van der Waals surface area contributed by atoms with Crippen LogP contribution in [-0.2, 0) is 15.7 Å². The second-order valence-corrected chi connectivity index (χ2v) is 11.6. The van der Waals surface area contributed by atoms with Crippen molar-refractivity contribution < 1.29 is 37.1 Å². The van der Waals surface area contributed by atoms with E-state index in [1.54, 1.807) is 56.3 Å². The van der Waals surface area contributed by atoms with Crippen LogP contribution in [0.3, 0.4) is 0 Å². The molecule has 1 aromatic heterocycles. The van der Waals surface area contributed by atoms with E-state index in [1.807, 2.05) is 13.8 Å². The van der Waals surface area contributed by atoms with Gasteiger partial charge in [0.2, 0.25) is 5.75 Å². The van der Waals surface area contributed by atoms with Gasteiger partial charge >= 0.3 is 17.8 Å². The minimum absolute atomic E-state index is 0.128. The zero-order valence-corrected chi connectivity index (χ0v) is 26.3. The molecule has 47 heavy (non-hydrogen) atoms. The van der Waals surface area contributed by atoms with Gasteiger partial charge < -0.3 is 14.2 Å². The smallest absolute Gasteiger partial charge is 0.416 e. The molecule has 0 spiro atoms. The SMILES string of the molecule is CCOC(=O)C1=C(C)N=c2s/c(=C/c3ccc(Oc4ccc(C(F)(F)F)cc4[N+](=O)[O-])cc3)c(=O)n2[C@@H]1c1ccccc1OC(C)C. The number of alkyl halides is 3. The summed E-state index contributed by atoms with van der Waals surface area (Å²) in [6.45, 7) is 7.24. The Morgan fingerprint density at radius 3 is 2.45 bits per heavy atom. The van der Waals surface area contributed by atoms with Gasteiger partial charge in [-0.15, -0.1) is 0 Å². The Labute approximate surface area is 269 Å². The topological polar surface area (TPSA) is 122 Å². The summed E-state index contributed by atoms with van der Waals surface area (Å²) < 4.78 is 57.9. The van der Waals surface area contributed by atoms with Crippen molar-refractivity contribution in [1.82, 2.24) is 4.57 Å². The van der Waals surface area contributed by atoms with Gasteiger partial charge in [-0.05, 0) is 69.7 Å². The zero-order valence-electron chi connectivity index (χ0n) is 25.5. The maximum absolute atomic E-state index is 14.0. The van der Waals surface area contributed by atoms with E-state index in [-0.39, 0.29) is 29.8 Å². The van der Waals surface area contributed by atoms with E-state index in [0.717, 1.165) is 17.4 Å². The Balaban J connectivity index is 1.54. The average Bonchev–Trinajstić information content (AvgIpc) is 3.30. The molecule has 10 nitrogen and oxygen atoms in total. The molecule has 1 aliphatic heterocycles. The fourth-order valence-electron chi connectivity index (χ4n) is 4.99. The summed E-state index contributed by atoms with van der Waals surface area (Å²) >= 11 is 1.12. The molecule has 0 bridgehead atoms. The van der Waals surface area contributed by atoms with Crippen molar-refractivity contribution in [3.05, 3.63) is 124 Å². The van der Waals surface area contributed by atoms with Crippen LogP contribution in [0, 0.1) is 10.1 Å². The summed E-state index contributed by atoms with van der Waals surface area (Å²) in [6, 6.07) is 14.4. The molecule has 4 aromatic rings. The number of allylic oxidation sites excluding steroid dienone is 1. The number of nitrogens with zero attached hydrogens (tertiary/aromatic N) is 3. The van der Waals surface area contributed by atoms with Crippen molar-refractivity contribution in [3.63, 3.8) is 0 Å². The molecule has 0 radical (unpaired) electrons. The number of hydrogen-bond acceptors (Lipinski definition) is 9. The Morgan fingerprint density at radius 1 is 1.11 bits per heavy atom. The molecular weight excluding hydrogens is 639 g/mol. The third-order valence-electron chi connectivity index (χ3n) is 6.98. The summed E-state index contributed by atoms with van der Waals surface area (Å²) in [7, 11) is 0.